The van der Waals surface area contributed by atoms with Crippen LogP contribution in [-0.4, -0.2) is 22.5 Å². The van der Waals surface area contributed by atoms with Gasteiger partial charge in [0.15, 0.2) is 0 Å². The van der Waals surface area contributed by atoms with E-state index in [4.69, 9.17) is 10.00 Å². The summed E-state index contributed by atoms with van der Waals surface area (Å²) in [5.74, 6) is 0.744. The van der Waals surface area contributed by atoms with E-state index in [2.05, 4.69) is 10.3 Å². The van der Waals surface area contributed by atoms with Gasteiger partial charge in [0, 0.05) is 19.3 Å². The van der Waals surface area contributed by atoms with Crippen LogP contribution in [0.3, 0.4) is 0 Å². The number of rotatable bonds is 3. The number of carbonyl (C=O) groups excluding carboxylic acids is 1. The van der Waals surface area contributed by atoms with Crippen LogP contribution in [0, 0.1) is 11.3 Å². The first-order chi connectivity index (χ1) is 15.3. The summed E-state index contributed by atoms with van der Waals surface area (Å²) < 4.78 is 43.9. The number of urea groups is 1. The molecule has 1 aromatic heterocycles. The van der Waals surface area contributed by atoms with Crippen LogP contribution in [0.4, 0.5) is 23.7 Å². The Morgan fingerprint density at radius 3 is 2.56 bits per heavy atom. The number of anilines is 1. The van der Waals surface area contributed by atoms with Crippen LogP contribution in [0.25, 0.3) is 0 Å². The second-order valence-corrected chi connectivity index (χ2v) is 7.19. The minimum atomic E-state index is -4.40. The fourth-order valence-corrected chi connectivity index (χ4v) is 3.40. The highest BCUT2D eigenvalue weighted by Gasteiger charge is 2.30. The zero-order chi connectivity index (χ0) is 22.7. The molecule has 1 aliphatic rings. The van der Waals surface area contributed by atoms with Crippen molar-refractivity contribution in [3.05, 3.63) is 83.2 Å². The normalized spacial score (nSPS) is 13.1. The highest BCUT2D eigenvalue weighted by Crippen LogP contribution is 2.32. The summed E-state index contributed by atoms with van der Waals surface area (Å²) in [6.07, 6.45) is -0.868. The molecule has 0 fully saturated rings. The number of alkyl halides is 3. The van der Waals surface area contributed by atoms with Crippen molar-refractivity contribution in [2.75, 3.05) is 11.9 Å². The molecule has 4 rings (SSSR count). The number of aromatic nitrogens is 1. The van der Waals surface area contributed by atoms with Crippen molar-refractivity contribution >= 4 is 11.7 Å². The van der Waals surface area contributed by atoms with E-state index in [1.807, 2.05) is 12.1 Å². The number of ether oxygens (including phenoxy) is 1. The standard InChI is InChI=1S/C23H17F3N4O2/c24-23(25,26)18-2-5-19(6-3-18)32-20-4-1-15-8-10-30(14-17(15)11-20)22(31)29-21-13-28-9-7-16(21)12-27/h1-7,9,11,13H,8,10,14H2,(H,29,31). The summed E-state index contributed by atoms with van der Waals surface area (Å²) in [5, 5.41) is 11.9. The Labute approximate surface area is 181 Å². The molecule has 0 saturated heterocycles. The molecule has 1 N–H and O–H groups in total. The molecule has 3 aromatic rings. The molecular weight excluding hydrogens is 421 g/mol. The average Bonchev–Trinajstić information content (AvgIpc) is 2.78. The first kappa shape index (κ1) is 21.2. The van der Waals surface area contributed by atoms with Crippen molar-refractivity contribution < 1.29 is 22.7 Å². The first-order valence-electron chi connectivity index (χ1n) is 9.70. The number of nitrogens with one attached hydrogen (secondary N) is 1. The molecule has 0 radical (unpaired) electrons. The molecule has 0 unspecified atom stereocenters. The predicted octanol–water partition coefficient (Wildman–Crippen LogP) is 5.35. The van der Waals surface area contributed by atoms with E-state index in [0.717, 1.165) is 23.3 Å². The van der Waals surface area contributed by atoms with Crippen molar-refractivity contribution in [1.29, 1.82) is 5.26 Å². The van der Waals surface area contributed by atoms with Crippen LogP contribution in [0.15, 0.2) is 60.9 Å². The summed E-state index contributed by atoms with van der Waals surface area (Å²) in [6.45, 7) is 0.827. The minimum absolute atomic E-state index is 0.281. The lowest BCUT2D eigenvalue weighted by Gasteiger charge is -2.29. The molecule has 1 aliphatic heterocycles. The van der Waals surface area contributed by atoms with E-state index in [-0.39, 0.29) is 11.8 Å². The Balaban J connectivity index is 1.46. The Hall–Kier alpha value is -4.06. The number of amides is 2. The maximum Gasteiger partial charge on any atom is 0.416 e. The molecular formula is C23H17F3N4O2. The minimum Gasteiger partial charge on any atom is -0.457 e. The quantitative estimate of drug-likeness (QED) is 0.598. The largest absolute Gasteiger partial charge is 0.457 e. The number of fused-ring (bicyclic) bond motifs is 1. The van der Waals surface area contributed by atoms with E-state index in [1.54, 1.807) is 17.0 Å². The Morgan fingerprint density at radius 1 is 1.09 bits per heavy atom. The smallest absolute Gasteiger partial charge is 0.416 e. The topological polar surface area (TPSA) is 78.2 Å². The van der Waals surface area contributed by atoms with Gasteiger partial charge in [-0.15, -0.1) is 0 Å². The molecule has 9 heteroatoms. The molecule has 162 valence electrons. The van der Waals surface area contributed by atoms with Crippen LogP contribution in [0.2, 0.25) is 0 Å². The zero-order valence-corrected chi connectivity index (χ0v) is 16.7. The number of nitriles is 1. The highest BCUT2D eigenvalue weighted by molar-refractivity contribution is 5.90. The molecule has 32 heavy (non-hydrogen) atoms. The van der Waals surface area contributed by atoms with Crippen molar-refractivity contribution in [3.8, 4) is 17.6 Å². The molecule has 0 atom stereocenters. The van der Waals surface area contributed by atoms with E-state index in [9.17, 15) is 18.0 Å². The van der Waals surface area contributed by atoms with Crippen LogP contribution in [0.5, 0.6) is 11.5 Å². The van der Waals surface area contributed by atoms with Gasteiger partial charge in [-0.3, -0.25) is 4.98 Å². The maximum atomic E-state index is 12.7. The van der Waals surface area contributed by atoms with Gasteiger partial charge in [-0.2, -0.15) is 18.4 Å². The van der Waals surface area contributed by atoms with Crippen molar-refractivity contribution in [2.24, 2.45) is 0 Å². The van der Waals surface area contributed by atoms with Crippen molar-refractivity contribution in [3.63, 3.8) is 0 Å². The number of hydrogen-bond acceptors (Lipinski definition) is 4. The SMILES string of the molecule is N#Cc1ccncc1NC(=O)N1CCc2ccc(Oc3ccc(C(F)(F)F)cc3)cc2C1. The van der Waals surface area contributed by atoms with Gasteiger partial charge in [0.2, 0.25) is 0 Å². The predicted molar refractivity (Wildman–Crippen MR) is 110 cm³/mol. The van der Waals surface area contributed by atoms with E-state index in [0.29, 0.717) is 36.5 Å². The molecule has 0 aliphatic carbocycles. The molecule has 2 amide bonds. The first-order valence-corrected chi connectivity index (χ1v) is 9.70. The number of halogens is 3. The fourth-order valence-electron chi connectivity index (χ4n) is 3.40. The van der Waals surface area contributed by atoms with Crippen LogP contribution in [-0.2, 0) is 19.1 Å². The third-order valence-electron chi connectivity index (χ3n) is 5.08. The van der Waals surface area contributed by atoms with Gasteiger partial charge in [0.05, 0.1) is 23.0 Å². The molecule has 6 nitrogen and oxygen atoms in total. The highest BCUT2D eigenvalue weighted by atomic mass is 19.4. The van der Waals surface area contributed by atoms with Crippen molar-refractivity contribution in [1.82, 2.24) is 9.88 Å². The van der Waals surface area contributed by atoms with Gasteiger partial charge in [-0.25, -0.2) is 4.79 Å². The van der Waals surface area contributed by atoms with E-state index >= 15 is 0 Å². The molecule has 2 aromatic carbocycles. The Kier molecular flexibility index (Phi) is 5.69. The van der Waals surface area contributed by atoms with Crippen LogP contribution in [0.1, 0.15) is 22.3 Å². The third kappa shape index (κ3) is 4.64. The zero-order valence-electron chi connectivity index (χ0n) is 16.7. The number of hydrogen-bond donors (Lipinski definition) is 1. The average molecular weight is 438 g/mol. The molecule has 2 heterocycles. The summed E-state index contributed by atoms with van der Waals surface area (Å²) >= 11 is 0. The number of carbonyl (C=O) groups is 1. The third-order valence-corrected chi connectivity index (χ3v) is 5.08. The summed E-state index contributed by atoms with van der Waals surface area (Å²) in [4.78, 5) is 18.2. The number of benzene rings is 2. The van der Waals surface area contributed by atoms with Gasteiger partial charge in [-0.1, -0.05) is 6.07 Å². The summed E-state index contributed by atoms with van der Waals surface area (Å²) in [7, 11) is 0. The lowest BCUT2D eigenvalue weighted by molar-refractivity contribution is -0.137. The van der Waals surface area contributed by atoms with Crippen LogP contribution < -0.4 is 10.1 Å². The second kappa shape index (κ2) is 8.59. The molecule has 0 spiro atoms. The lowest BCUT2D eigenvalue weighted by Crippen LogP contribution is -2.39. The van der Waals surface area contributed by atoms with E-state index < -0.39 is 11.7 Å². The Bertz CT molecular complexity index is 1190. The lowest BCUT2D eigenvalue weighted by atomic mass is 9.99. The van der Waals surface area contributed by atoms with Gasteiger partial charge < -0.3 is 15.0 Å². The monoisotopic (exact) mass is 438 g/mol. The Morgan fingerprint density at radius 2 is 1.84 bits per heavy atom. The van der Waals surface area contributed by atoms with E-state index in [1.165, 1.54) is 30.6 Å². The van der Waals surface area contributed by atoms with Gasteiger partial charge in [0.1, 0.15) is 17.6 Å². The maximum absolute atomic E-state index is 12.7. The van der Waals surface area contributed by atoms with Gasteiger partial charge in [0.25, 0.3) is 0 Å². The second-order valence-electron chi connectivity index (χ2n) is 7.19. The number of nitrogens with zero attached hydrogens (tertiary/aromatic N) is 3. The molecule has 0 bridgehead atoms. The van der Waals surface area contributed by atoms with Gasteiger partial charge >= 0.3 is 12.2 Å². The summed E-state index contributed by atoms with van der Waals surface area (Å²) in [6, 6.07) is 13.1. The summed E-state index contributed by atoms with van der Waals surface area (Å²) in [5.41, 5.74) is 1.85. The van der Waals surface area contributed by atoms with Gasteiger partial charge in [-0.05, 0) is 60.0 Å². The van der Waals surface area contributed by atoms with Crippen molar-refractivity contribution in [2.45, 2.75) is 19.1 Å². The fraction of sp³-hybridized carbons (Fsp3) is 0.174. The van der Waals surface area contributed by atoms with Crippen LogP contribution >= 0.6 is 0 Å². The number of pyridine rings is 1. The molecule has 0 saturated carbocycles.